The number of aromatic nitrogens is 1. The number of nitrogens with zero attached hydrogens (tertiary/aromatic N) is 3. The zero-order valence-electron chi connectivity index (χ0n) is 11.0. The summed E-state index contributed by atoms with van der Waals surface area (Å²) in [6.07, 6.45) is 2.16. The maximum atomic E-state index is 11.8. The number of hydrogen-bond donors (Lipinski definition) is 2. The van der Waals surface area contributed by atoms with Crippen LogP contribution >= 0.6 is 0 Å². The molecule has 2 aliphatic rings. The summed E-state index contributed by atoms with van der Waals surface area (Å²) in [6.45, 7) is 1.08. The van der Waals surface area contributed by atoms with Gasteiger partial charge in [-0.15, -0.1) is 0 Å². The molecule has 21 heavy (non-hydrogen) atoms. The van der Waals surface area contributed by atoms with Crippen LogP contribution in [0.1, 0.15) is 12.8 Å². The molecule has 2 saturated heterocycles. The van der Waals surface area contributed by atoms with Crippen molar-refractivity contribution in [3.8, 4) is 0 Å². The Bertz CT molecular complexity index is 607. The molecule has 1 aromatic rings. The van der Waals surface area contributed by atoms with E-state index in [0.717, 1.165) is 0 Å². The Morgan fingerprint density at radius 2 is 2.00 bits per heavy atom. The van der Waals surface area contributed by atoms with Crippen molar-refractivity contribution in [3.63, 3.8) is 0 Å². The molecule has 1 spiro atoms. The van der Waals surface area contributed by atoms with E-state index in [4.69, 9.17) is 0 Å². The topological polar surface area (TPSA) is 117 Å². The number of carbonyl (C=O) groups is 2. The third-order valence-corrected chi connectivity index (χ3v) is 3.90. The molecule has 2 N–H and O–H groups in total. The SMILES string of the molecule is O=C1NC(=O)C2(CCN(c3ccc([N+](=O)[O-])cn3)CC2)N1. The van der Waals surface area contributed by atoms with Gasteiger partial charge in [-0.2, -0.15) is 0 Å². The maximum absolute atomic E-state index is 11.8. The highest BCUT2D eigenvalue weighted by Gasteiger charge is 2.47. The average Bonchev–Trinajstić information content (AvgIpc) is 2.74. The average molecular weight is 291 g/mol. The number of hydrogen-bond acceptors (Lipinski definition) is 6. The van der Waals surface area contributed by atoms with Gasteiger partial charge in [-0.3, -0.25) is 20.2 Å². The zero-order valence-corrected chi connectivity index (χ0v) is 11.0. The molecule has 2 fully saturated rings. The second kappa shape index (κ2) is 4.69. The van der Waals surface area contributed by atoms with Gasteiger partial charge in [-0.1, -0.05) is 0 Å². The standard InChI is InChI=1S/C12H13N5O4/c18-10-12(15-11(19)14-10)3-5-16(6-4-12)9-2-1-8(7-13-9)17(20)21/h1-2,7H,3-6H2,(H2,14,15,18,19). The Labute approximate surface area is 119 Å². The van der Waals surface area contributed by atoms with Gasteiger partial charge in [0.25, 0.3) is 11.6 Å². The van der Waals surface area contributed by atoms with E-state index in [-0.39, 0.29) is 11.6 Å². The van der Waals surface area contributed by atoms with Crippen LogP contribution in [0.15, 0.2) is 18.3 Å². The lowest BCUT2D eigenvalue weighted by molar-refractivity contribution is -0.385. The summed E-state index contributed by atoms with van der Waals surface area (Å²) in [6, 6.07) is 2.53. The van der Waals surface area contributed by atoms with Crippen molar-refractivity contribution in [2.45, 2.75) is 18.4 Å². The molecule has 1 aromatic heterocycles. The van der Waals surface area contributed by atoms with Crippen LogP contribution in [0.4, 0.5) is 16.3 Å². The first-order valence-electron chi connectivity index (χ1n) is 6.49. The molecular formula is C12H13N5O4. The molecule has 0 radical (unpaired) electrons. The van der Waals surface area contributed by atoms with Gasteiger partial charge in [0.05, 0.1) is 4.92 Å². The van der Waals surface area contributed by atoms with Gasteiger partial charge in [-0.25, -0.2) is 9.78 Å². The summed E-state index contributed by atoms with van der Waals surface area (Å²) in [4.78, 5) is 39.2. The minimum absolute atomic E-state index is 0.0605. The normalized spacial score (nSPS) is 20.3. The van der Waals surface area contributed by atoms with Crippen LogP contribution in [0.3, 0.4) is 0 Å². The Morgan fingerprint density at radius 3 is 2.48 bits per heavy atom. The predicted octanol–water partition coefficient (Wildman–Crippen LogP) is 0.168. The van der Waals surface area contributed by atoms with Gasteiger partial charge in [0.2, 0.25) is 0 Å². The number of nitro groups is 1. The van der Waals surface area contributed by atoms with Crippen LogP contribution in [0.25, 0.3) is 0 Å². The van der Waals surface area contributed by atoms with E-state index in [1.165, 1.54) is 12.3 Å². The lowest BCUT2D eigenvalue weighted by Gasteiger charge is -2.37. The number of piperidine rings is 1. The summed E-state index contributed by atoms with van der Waals surface area (Å²) >= 11 is 0. The fourth-order valence-electron chi connectivity index (χ4n) is 2.67. The van der Waals surface area contributed by atoms with Crippen molar-refractivity contribution < 1.29 is 14.5 Å². The van der Waals surface area contributed by atoms with Crippen LogP contribution < -0.4 is 15.5 Å². The van der Waals surface area contributed by atoms with Crippen LogP contribution in [0, 0.1) is 10.1 Å². The summed E-state index contributed by atoms with van der Waals surface area (Å²) in [5.74, 6) is 0.337. The van der Waals surface area contributed by atoms with Crippen molar-refractivity contribution in [3.05, 3.63) is 28.4 Å². The molecule has 3 rings (SSSR count). The first-order valence-corrected chi connectivity index (χ1v) is 6.49. The van der Waals surface area contributed by atoms with Crippen LogP contribution in [0.2, 0.25) is 0 Å². The van der Waals surface area contributed by atoms with Crippen molar-refractivity contribution in [1.29, 1.82) is 0 Å². The number of carbonyl (C=O) groups excluding carboxylic acids is 2. The number of anilines is 1. The van der Waals surface area contributed by atoms with Gasteiger partial charge in [0.15, 0.2) is 0 Å². The highest BCUT2D eigenvalue weighted by molar-refractivity contribution is 6.07. The summed E-state index contributed by atoms with van der Waals surface area (Å²) < 4.78 is 0. The maximum Gasteiger partial charge on any atom is 0.322 e. The zero-order chi connectivity index (χ0) is 15.0. The number of rotatable bonds is 2. The van der Waals surface area contributed by atoms with Crippen molar-refractivity contribution in [2.24, 2.45) is 0 Å². The van der Waals surface area contributed by atoms with Gasteiger partial charge >= 0.3 is 6.03 Å². The molecular weight excluding hydrogens is 278 g/mol. The molecule has 0 atom stereocenters. The van der Waals surface area contributed by atoms with E-state index in [0.29, 0.717) is 31.7 Å². The highest BCUT2D eigenvalue weighted by atomic mass is 16.6. The lowest BCUT2D eigenvalue weighted by atomic mass is 9.88. The van der Waals surface area contributed by atoms with E-state index in [1.807, 2.05) is 4.90 Å². The number of urea groups is 1. The fourth-order valence-corrected chi connectivity index (χ4v) is 2.67. The van der Waals surface area contributed by atoms with Gasteiger partial charge < -0.3 is 10.2 Å². The minimum atomic E-state index is -0.825. The quantitative estimate of drug-likeness (QED) is 0.455. The molecule has 9 heteroatoms. The number of pyridine rings is 1. The van der Waals surface area contributed by atoms with Crippen molar-refractivity contribution in [1.82, 2.24) is 15.6 Å². The summed E-state index contributed by atoms with van der Waals surface area (Å²) in [5, 5.41) is 15.5. The van der Waals surface area contributed by atoms with Gasteiger partial charge in [0.1, 0.15) is 17.6 Å². The van der Waals surface area contributed by atoms with Crippen LogP contribution in [-0.2, 0) is 4.79 Å². The number of nitrogens with one attached hydrogen (secondary N) is 2. The molecule has 110 valence electrons. The van der Waals surface area contributed by atoms with Crippen molar-refractivity contribution >= 4 is 23.4 Å². The summed E-state index contributed by atoms with van der Waals surface area (Å²) in [7, 11) is 0. The number of imide groups is 1. The summed E-state index contributed by atoms with van der Waals surface area (Å²) in [5.41, 5.74) is -0.886. The largest absolute Gasteiger partial charge is 0.356 e. The third-order valence-electron chi connectivity index (χ3n) is 3.90. The molecule has 0 saturated carbocycles. The van der Waals surface area contributed by atoms with E-state index < -0.39 is 16.5 Å². The Balaban J connectivity index is 1.70. The van der Waals surface area contributed by atoms with E-state index >= 15 is 0 Å². The van der Waals surface area contributed by atoms with Gasteiger partial charge in [-0.05, 0) is 18.9 Å². The minimum Gasteiger partial charge on any atom is -0.356 e. The van der Waals surface area contributed by atoms with Gasteiger partial charge in [0, 0.05) is 19.2 Å². The first kappa shape index (κ1) is 13.3. The smallest absolute Gasteiger partial charge is 0.322 e. The number of amides is 3. The molecule has 3 heterocycles. The second-order valence-electron chi connectivity index (χ2n) is 5.11. The second-order valence-corrected chi connectivity index (χ2v) is 5.11. The molecule has 9 nitrogen and oxygen atoms in total. The van der Waals surface area contributed by atoms with Crippen LogP contribution in [0.5, 0.6) is 0 Å². The van der Waals surface area contributed by atoms with Crippen LogP contribution in [-0.4, -0.2) is 40.5 Å². The van der Waals surface area contributed by atoms with E-state index in [1.54, 1.807) is 6.07 Å². The monoisotopic (exact) mass is 291 g/mol. The van der Waals surface area contributed by atoms with E-state index in [9.17, 15) is 19.7 Å². The Morgan fingerprint density at radius 1 is 1.29 bits per heavy atom. The third kappa shape index (κ3) is 2.26. The Hall–Kier alpha value is -2.71. The molecule has 0 unspecified atom stereocenters. The fraction of sp³-hybridized carbons (Fsp3) is 0.417. The highest BCUT2D eigenvalue weighted by Crippen LogP contribution is 2.28. The lowest BCUT2D eigenvalue weighted by Crippen LogP contribution is -2.55. The molecule has 2 aliphatic heterocycles. The predicted molar refractivity (Wildman–Crippen MR) is 71.7 cm³/mol. The molecule has 0 aliphatic carbocycles. The molecule has 0 aromatic carbocycles. The molecule has 0 bridgehead atoms. The van der Waals surface area contributed by atoms with Crippen molar-refractivity contribution in [2.75, 3.05) is 18.0 Å². The molecule has 3 amide bonds. The van der Waals surface area contributed by atoms with E-state index in [2.05, 4.69) is 15.6 Å². The first-order chi connectivity index (χ1) is 10.00. The Kier molecular flexibility index (Phi) is 2.96.